The minimum atomic E-state index is -0.365. The molecule has 1 heterocycles. The summed E-state index contributed by atoms with van der Waals surface area (Å²) >= 11 is 5.81. The van der Waals surface area contributed by atoms with E-state index in [-0.39, 0.29) is 18.2 Å². The van der Waals surface area contributed by atoms with Gasteiger partial charge in [-0.15, -0.1) is 0 Å². The molecule has 120 valence electrons. The molecule has 1 aliphatic carbocycles. The highest BCUT2D eigenvalue weighted by atomic mass is 35.5. The molecule has 1 saturated carbocycles. The van der Waals surface area contributed by atoms with E-state index in [9.17, 15) is 4.79 Å². The van der Waals surface area contributed by atoms with E-state index < -0.39 is 0 Å². The number of ether oxygens (including phenoxy) is 1. The zero-order valence-corrected chi connectivity index (χ0v) is 13.6. The summed E-state index contributed by atoms with van der Waals surface area (Å²) in [6.45, 7) is 0.283. The lowest BCUT2D eigenvalue weighted by molar-refractivity contribution is 0.106. The third kappa shape index (κ3) is 4.23. The van der Waals surface area contributed by atoms with Crippen molar-refractivity contribution in [1.29, 1.82) is 0 Å². The van der Waals surface area contributed by atoms with Crippen LogP contribution in [0.3, 0.4) is 0 Å². The Hall–Kier alpha value is -2.07. The average molecular weight is 331 g/mol. The van der Waals surface area contributed by atoms with E-state index in [2.05, 4.69) is 10.3 Å². The summed E-state index contributed by atoms with van der Waals surface area (Å²) in [7, 11) is 0. The third-order valence-corrected chi connectivity index (χ3v) is 4.45. The van der Waals surface area contributed by atoms with Crippen LogP contribution in [0.25, 0.3) is 0 Å². The van der Waals surface area contributed by atoms with Crippen molar-refractivity contribution < 1.29 is 9.53 Å². The van der Waals surface area contributed by atoms with Crippen LogP contribution >= 0.6 is 11.6 Å². The number of amides is 1. The van der Waals surface area contributed by atoms with Crippen molar-refractivity contribution in [1.82, 2.24) is 10.3 Å². The molecule has 2 aromatic rings. The van der Waals surface area contributed by atoms with Crippen LogP contribution in [-0.2, 0) is 17.8 Å². The Morgan fingerprint density at radius 3 is 2.57 bits per heavy atom. The number of aromatic nitrogens is 1. The van der Waals surface area contributed by atoms with Crippen molar-refractivity contribution in [2.24, 2.45) is 0 Å². The van der Waals surface area contributed by atoms with Crippen LogP contribution in [0.1, 0.15) is 30.4 Å². The Morgan fingerprint density at radius 2 is 1.96 bits per heavy atom. The highest BCUT2D eigenvalue weighted by Crippen LogP contribution is 2.35. The lowest BCUT2D eigenvalue weighted by Crippen LogP contribution is -2.55. The predicted molar refractivity (Wildman–Crippen MR) is 89.3 cm³/mol. The number of alkyl carbamates (subject to hydrolysis) is 1. The second-order valence-electron chi connectivity index (χ2n) is 5.99. The summed E-state index contributed by atoms with van der Waals surface area (Å²) in [5, 5.41) is 3.52. The number of pyridine rings is 1. The molecule has 0 bridgehead atoms. The smallest absolute Gasteiger partial charge is 0.407 e. The van der Waals surface area contributed by atoms with Gasteiger partial charge in [0.2, 0.25) is 0 Å². The molecule has 23 heavy (non-hydrogen) atoms. The maximum absolute atomic E-state index is 12.1. The van der Waals surface area contributed by atoms with Crippen molar-refractivity contribution in [3.05, 3.63) is 64.9 Å². The fraction of sp³-hybridized carbons (Fsp3) is 0.333. The van der Waals surface area contributed by atoms with Gasteiger partial charge in [-0.2, -0.15) is 0 Å². The Labute approximate surface area is 140 Å². The number of rotatable bonds is 5. The van der Waals surface area contributed by atoms with Crippen molar-refractivity contribution in [2.45, 2.75) is 37.8 Å². The minimum Gasteiger partial charge on any atom is -0.445 e. The Morgan fingerprint density at radius 1 is 1.17 bits per heavy atom. The molecule has 0 aliphatic heterocycles. The second-order valence-corrected chi connectivity index (χ2v) is 6.37. The van der Waals surface area contributed by atoms with E-state index in [1.807, 2.05) is 36.4 Å². The van der Waals surface area contributed by atoms with E-state index in [1.54, 1.807) is 12.3 Å². The van der Waals surface area contributed by atoms with Gasteiger partial charge in [0.1, 0.15) is 11.8 Å². The number of nitrogens with zero attached hydrogens (tertiary/aromatic N) is 1. The number of hydrogen-bond donors (Lipinski definition) is 1. The number of benzene rings is 1. The summed E-state index contributed by atoms with van der Waals surface area (Å²) in [5.74, 6) is 0. The molecule has 1 amide bonds. The van der Waals surface area contributed by atoms with Gasteiger partial charge in [0.25, 0.3) is 0 Å². The molecule has 5 heteroatoms. The number of halogens is 1. The molecule has 1 aromatic heterocycles. The quantitative estimate of drug-likeness (QED) is 0.839. The molecule has 1 aliphatic rings. The Bertz CT molecular complexity index is 654. The summed E-state index contributed by atoms with van der Waals surface area (Å²) in [6, 6.07) is 13.4. The van der Waals surface area contributed by atoms with Gasteiger partial charge in [0.05, 0.1) is 0 Å². The van der Waals surface area contributed by atoms with Gasteiger partial charge in [0.15, 0.2) is 0 Å². The van der Waals surface area contributed by atoms with Crippen molar-refractivity contribution >= 4 is 17.7 Å². The summed E-state index contributed by atoms with van der Waals surface area (Å²) < 4.78 is 5.33. The van der Waals surface area contributed by atoms with E-state index in [1.165, 1.54) is 0 Å². The molecular formula is C18H19ClN2O2. The van der Waals surface area contributed by atoms with E-state index in [0.29, 0.717) is 5.15 Å². The first-order valence-corrected chi connectivity index (χ1v) is 8.12. The number of carbonyl (C=O) groups excluding carboxylic acids is 1. The second kappa shape index (κ2) is 7.01. The molecule has 0 spiro atoms. The number of carbonyl (C=O) groups is 1. The first-order chi connectivity index (χ1) is 11.2. The average Bonchev–Trinajstić information content (AvgIpc) is 2.54. The normalized spacial score (nSPS) is 15.5. The Kier molecular flexibility index (Phi) is 4.82. The molecule has 1 fully saturated rings. The maximum Gasteiger partial charge on any atom is 0.407 e. The van der Waals surface area contributed by atoms with Crippen LogP contribution in [0.5, 0.6) is 0 Å². The Balaban J connectivity index is 1.55. The topological polar surface area (TPSA) is 51.2 Å². The fourth-order valence-corrected chi connectivity index (χ4v) is 2.94. The molecule has 0 unspecified atom stereocenters. The summed E-state index contributed by atoms with van der Waals surface area (Å²) in [6.07, 6.45) is 5.17. The SMILES string of the molecule is O=C(NC1(Cc2ccc(Cl)nc2)CCC1)OCc1ccccc1. The number of nitrogens with one attached hydrogen (secondary N) is 1. The van der Waals surface area contributed by atoms with Crippen LogP contribution in [0.15, 0.2) is 48.7 Å². The molecule has 0 radical (unpaired) electrons. The molecular weight excluding hydrogens is 312 g/mol. The molecule has 0 atom stereocenters. The van der Waals surface area contributed by atoms with Gasteiger partial charge in [-0.3, -0.25) is 0 Å². The van der Waals surface area contributed by atoms with Gasteiger partial charge in [-0.05, 0) is 42.9 Å². The van der Waals surface area contributed by atoms with Crippen molar-refractivity contribution in [3.63, 3.8) is 0 Å². The first kappa shape index (κ1) is 15.8. The molecule has 4 nitrogen and oxygen atoms in total. The van der Waals surface area contributed by atoms with E-state index in [0.717, 1.165) is 36.8 Å². The van der Waals surface area contributed by atoms with Gasteiger partial charge in [-0.1, -0.05) is 48.0 Å². The molecule has 0 saturated heterocycles. The van der Waals surface area contributed by atoms with Gasteiger partial charge in [0, 0.05) is 11.7 Å². The molecule has 1 N–H and O–H groups in total. The lowest BCUT2D eigenvalue weighted by atomic mass is 9.73. The maximum atomic E-state index is 12.1. The largest absolute Gasteiger partial charge is 0.445 e. The third-order valence-electron chi connectivity index (χ3n) is 4.22. The number of hydrogen-bond acceptors (Lipinski definition) is 3. The van der Waals surface area contributed by atoms with Gasteiger partial charge >= 0.3 is 6.09 Å². The summed E-state index contributed by atoms with van der Waals surface area (Å²) in [5.41, 5.74) is 1.83. The van der Waals surface area contributed by atoms with Crippen LogP contribution in [0.4, 0.5) is 4.79 Å². The van der Waals surface area contributed by atoms with E-state index >= 15 is 0 Å². The van der Waals surface area contributed by atoms with Crippen molar-refractivity contribution in [2.75, 3.05) is 0 Å². The van der Waals surface area contributed by atoms with E-state index in [4.69, 9.17) is 16.3 Å². The van der Waals surface area contributed by atoms with Gasteiger partial charge < -0.3 is 10.1 Å². The fourth-order valence-electron chi connectivity index (χ4n) is 2.83. The highest BCUT2D eigenvalue weighted by molar-refractivity contribution is 6.29. The van der Waals surface area contributed by atoms with Crippen LogP contribution in [0, 0.1) is 0 Å². The summed E-state index contributed by atoms with van der Waals surface area (Å²) in [4.78, 5) is 16.2. The van der Waals surface area contributed by atoms with Crippen molar-refractivity contribution in [3.8, 4) is 0 Å². The predicted octanol–water partition coefficient (Wildman–Crippen LogP) is 4.13. The van der Waals surface area contributed by atoms with Crippen LogP contribution in [-0.4, -0.2) is 16.6 Å². The molecule has 1 aromatic carbocycles. The van der Waals surface area contributed by atoms with Crippen LogP contribution < -0.4 is 5.32 Å². The first-order valence-electron chi connectivity index (χ1n) is 7.75. The zero-order valence-electron chi connectivity index (χ0n) is 12.8. The monoisotopic (exact) mass is 330 g/mol. The standard InChI is InChI=1S/C18H19ClN2O2/c19-16-8-7-15(12-20-16)11-18(9-4-10-18)21-17(22)23-13-14-5-2-1-3-6-14/h1-3,5-8,12H,4,9-11,13H2,(H,21,22). The highest BCUT2D eigenvalue weighted by Gasteiger charge is 2.39. The van der Waals surface area contributed by atoms with Gasteiger partial charge in [-0.25, -0.2) is 9.78 Å². The van der Waals surface area contributed by atoms with Crippen LogP contribution in [0.2, 0.25) is 5.15 Å². The minimum absolute atomic E-state index is 0.219. The molecule has 3 rings (SSSR count). The zero-order chi connectivity index (χ0) is 16.1. The lowest BCUT2D eigenvalue weighted by Gasteiger charge is -2.42.